The van der Waals surface area contributed by atoms with E-state index in [2.05, 4.69) is 10.3 Å². The second-order valence-electron chi connectivity index (χ2n) is 10.7. The third-order valence-corrected chi connectivity index (χ3v) is 7.05. The van der Waals surface area contributed by atoms with E-state index in [1.807, 2.05) is 25.7 Å². The molecule has 2 aliphatic carbocycles. The molecule has 3 heterocycles. The van der Waals surface area contributed by atoms with Crippen LogP contribution in [0, 0.1) is 11.2 Å². The zero-order valence-corrected chi connectivity index (χ0v) is 19.6. The number of rotatable bonds is 4. The van der Waals surface area contributed by atoms with Gasteiger partial charge in [0, 0.05) is 31.4 Å². The molecule has 2 aromatic heterocycles. The number of piperidine rings is 1. The molecule has 10 heteroatoms. The number of alkyl carbamates (subject to hydrolysis) is 1. The molecule has 0 radical (unpaired) electrons. The number of carboxylic acids is 1. The highest BCUT2D eigenvalue weighted by atomic mass is 19.1. The van der Waals surface area contributed by atoms with Gasteiger partial charge in [0.05, 0.1) is 5.39 Å². The molecule has 0 aromatic carbocycles. The number of carbonyl (C=O) groups is 2. The number of ether oxygens (including phenoxy) is 1. The van der Waals surface area contributed by atoms with Crippen LogP contribution in [0.2, 0.25) is 0 Å². The summed E-state index contributed by atoms with van der Waals surface area (Å²) in [6, 6.07) is 1.25. The van der Waals surface area contributed by atoms with Crippen molar-refractivity contribution >= 4 is 28.9 Å². The number of aromatic nitrogens is 2. The van der Waals surface area contributed by atoms with Crippen LogP contribution in [0.15, 0.2) is 17.1 Å². The number of carboxylic acid groups (broad SMARTS) is 1. The van der Waals surface area contributed by atoms with E-state index in [1.165, 1.54) is 6.20 Å². The maximum Gasteiger partial charge on any atom is 0.407 e. The molecular weight excluding hydrogens is 443 g/mol. The number of nitrogens with zero attached hydrogens (tertiary/aromatic N) is 3. The predicted molar refractivity (Wildman–Crippen MR) is 123 cm³/mol. The molecule has 1 atom stereocenters. The summed E-state index contributed by atoms with van der Waals surface area (Å²) in [4.78, 5) is 42.7. The van der Waals surface area contributed by atoms with E-state index in [4.69, 9.17) is 4.74 Å². The van der Waals surface area contributed by atoms with E-state index in [1.54, 1.807) is 4.57 Å². The summed E-state index contributed by atoms with van der Waals surface area (Å²) in [5.74, 6) is -1.78. The summed E-state index contributed by atoms with van der Waals surface area (Å²) in [6.07, 6.45) is 5.07. The van der Waals surface area contributed by atoms with Gasteiger partial charge in [-0.15, -0.1) is 0 Å². The smallest absolute Gasteiger partial charge is 0.407 e. The van der Waals surface area contributed by atoms with E-state index in [-0.39, 0.29) is 34.3 Å². The van der Waals surface area contributed by atoms with Crippen molar-refractivity contribution in [3.63, 3.8) is 0 Å². The van der Waals surface area contributed by atoms with Crippen molar-refractivity contribution < 1.29 is 23.8 Å². The van der Waals surface area contributed by atoms with E-state index < -0.39 is 28.9 Å². The lowest BCUT2D eigenvalue weighted by Crippen LogP contribution is -2.40. The summed E-state index contributed by atoms with van der Waals surface area (Å²) in [6.45, 7) is 6.61. The normalized spacial score (nSPS) is 21.5. The quantitative estimate of drug-likeness (QED) is 0.701. The van der Waals surface area contributed by atoms with Crippen LogP contribution in [0.4, 0.5) is 15.0 Å². The topological polar surface area (TPSA) is 114 Å². The summed E-state index contributed by atoms with van der Waals surface area (Å²) in [7, 11) is 0. The predicted octanol–water partition coefficient (Wildman–Crippen LogP) is 3.45. The van der Waals surface area contributed by atoms with Gasteiger partial charge in [-0.05, 0) is 64.4 Å². The van der Waals surface area contributed by atoms with Gasteiger partial charge in [-0.25, -0.2) is 19.0 Å². The molecule has 1 unspecified atom stereocenters. The van der Waals surface area contributed by atoms with E-state index in [9.17, 15) is 19.5 Å². The molecule has 5 rings (SSSR count). The Kier molecular flexibility index (Phi) is 5.11. The van der Waals surface area contributed by atoms with Crippen LogP contribution in [0.1, 0.15) is 69.3 Å². The van der Waals surface area contributed by atoms with Gasteiger partial charge >= 0.3 is 12.1 Å². The van der Waals surface area contributed by atoms with Gasteiger partial charge in [0.2, 0.25) is 5.43 Å². The van der Waals surface area contributed by atoms with Crippen LogP contribution < -0.4 is 15.6 Å². The molecule has 0 bridgehead atoms. The first-order chi connectivity index (χ1) is 16.0. The standard InChI is InChI=1S/C24H29FN4O5/c1-23(2,3)34-22(33)26-17-11-24(17)6-8-28(9-7-24)20-16(25)10-14-18(30)15(21(31)32)12-29(13-4-5-13)19(14)27-20/h10,12-13,17H,4-9,11H2,1-3H3,(H,26,33)(H,31,32). The average molecular weight is 473 g/mol. The maximum atomic E-state index is 15.1. The SMILES string of the molecule is CC(C)(C)OC(=O)NC1CC12CCN(c1nc3c(cc1F)c(=O)c(C(=O)O)cn3C1CC1)CC2. The summed E-state index contributed by atoms with van der Waals surface area (Å²) in [5.41, 5.74) is -1.33. The van der Waals surface area contributed by atoms with Gasteiger partial charge in [0.15, 0.2) is 11.6 Å². The molecular formula is C24H29FN4O5. The molecule has 2 aromatic rings. The van der Waals surface area contributed by atoms with Crippen molar-refractivity contribution in [1.29, 1.82) is 0 Å². The number of anilines is 1. The van der Waals surface area contributed by atoms with Crippen molar-refractivity contribution in [1.82, 2.24) is 14.9 Å². The van der Waals surface area contributed by atoms with Crippen molar-refractivity contribution in [3.8, 4) is 0 Å². The monoisotopic (exact) mass is 472 g/mol. The first-order valence-corrected chi connectivity index (χ1v) is 11.7. The van der Waals surface area contributed by atoms with Crippen LogP contribution in [0.25, 0.3) is 11.0 Å². The van der Waals surface area contributed by atoms with Gasteiger partial charge in [-0.2, -0.15) is 0 Å². The Balaban J connectivity index is 1.35. The van der Waals surface area contributed by atoms with Crippen molar-refractivity contribution in [2.45, 2.75) is 70.6 Å². The average Bonchev–Trinajstić information content (AvgIpc) is 3.66. The van der Waals surface area contributed by atoms with Crippen LogP contribution in [-0.2, 0) is 4.74 Å². The minimum atomic E-state index is -1.33. The summed E-state index contributed by atoms with van der Waals surface area (Å²) >= 11 is 0. The lowest BCUT2D eigenvalue weighted by atomic mass is 9.92. The fourth-order valence-corrected chi connectivity index (χ4v) is 4.96. The van der Waals surface area contributed by atoms with E-state index in [0.29, 0.717) is 18.7 Å². The molecule has 9 nitrogen and oxygen atoms in total. The largest absolute Gasteiger partial charge is 0.477 e. The molecule has 182 valence electrons. The minimum Gasteiger partial charge on any atom is -0.477 e. The second kappa shape index (κ2) is 7.68. The number of halogens is 1. The number of hydrogen-bond acceptors (Lipinski definition) is 6. The highest BCUT2D eigenvalue weighted by Crippen LogP contribution is 2.54. The van der Waals surface area contributed by atoms with Crippen molar-refractivity contribution in [2.24, 2.45) is 5.41 Å². The number of aromatic carboxylic acids is 1. The third-order valence-electron chi connectivity index (χ3n) is 7.05. The lowest BCUT2D eigenvalue weighted by Gasteiger charge is -2.34. The number of amides is 1. The Bertz CT molecular complexity index is 1240. The third kappa shape index (κ3) is 4.10. The first kappa shape index (κ1) is 22.6. The number of nitrogens with one attached hydrogen (secondary N) is 1. The Labute approximate surface area is 195 Å². The molecule has 3 fully saturated rings. The van der Waals surface area contributed by atoms with Gasteiger partial charge in [-0.3, -0.25) is 4.79 Å². The Hall–Kier alpha value is -3.17. The molecule has 2 N–H and O–H groups in total. The Morgan fingerprint density at radius 2 is 1.94 bits per heavy atom. The fraction of sp³-hybridized carbons (Fsp3) is 0.583. The zero-order chi connectivity index (χ0) is 24.4. The summed E-state index contributed by atoms with van der Waals surface area (Å²) in [5, 5.41) is 12.3. The maximum absolute atomic E-state index is 15.1. The van der Waals surface area contributed by atoms with E-state index >= 15 is 4.39 Å². The molecule has 3 aliphatic rings. The molecule has 1 amide bonds. The fourth-order valence-electron chi connectivity index (χ4n) is 4.96. The van der Waals surface area contributed by atoms with Gasteiger partial charge in [-0.1, -0.05) is 0 Å². The highest BCUT2D eigenvalue weighted by Gasteiger charge is 2.56. The van der Waals surface area contributed by atoms with Gasteiger partial charge in [0.25, 0.3) is 0 Å². The number of carbonyl (C=O) groups excluding carboxylic acids is 1. The molecule has 1 saturated heterocycles. The minimum absolute atomic E-state index is 0.00672. The zero-order valence-electron chi connectivity index (χ0n) is 19.6. The molecule has 34 heavy (non-hydrogen) atoms. The number of pyridine rings is 2. The van der Waals surface area contributed by atoms with Crippen LogP contribution in [0.3, 0.4) is 0 Å². The summed E-state index contributed by atoms with van der Waals surface area (Å²) < 4.78 is 22.2. The molecule has 2 saturated carbocycles. The molecule has 1 aliphatic heterocycles. The van der Waals surface area contributed by atoms with Gasteiger partial charge < -0.3 is 24.6 Å². The van der Waals surface area contributed by atoms with Gasteiger partial charge in [0.1, 0.15) is 16.8 Å². The first-order valence-electron chi connectivity index (χ1n) is 11.7. The lowest BCUT2D eigenvalue weighted by molar-refractivity contribution is 0.0513. The Morgan fingerprint density at radius 1 is 1.26 bits per heavy atom. The number of fused-ring (bicyclic) bond motifs is 1. The van der Waals surface area contributed by atoms with E-state index in [0.717, 1.165) is 38.2 Å². The van der Waals surface area contributed by atoms with Crippen LogP contribution >= 0.6 is 0 Å². The Morgan fingerprint density at radius 3 is 2.53 bits per heavy atom. The number of hydrogen-bond donors (Lipinski definition) is 2. The van der Waals surface area contributed by atoms with Crippen molar-refractivity contribution in [3.05, 3.63) is 33.9 Å². The highest BCUT2D eigenvalue weighted by molar-refractivity contribution is 5.92. The molecule has 1 spiro atoms. The van der Waals surface area contributed by atoms with Crippen LogP contribution in [-0.4, -0.2) is 51.5 Å². The van der Waals surface area contributed by atoms with Crippen molar-refractivity contribution in [2.75, 3.05) is 18.0 Å². The van der Waals surface area contributed by atoms with Crippen LogP contribution in [0.5, 0.6) is 0 Å². The second-order valence-corrected chi connectivity index (χ2v) is 10.7.